The first-order chi connectivity index (χ1) is 11.2. The monoisotopic (exact) mass is 355 g/mol. The minimum absolute atomic E-state index is 0.0306. The lowest BCUT2D eigenvalue weighted by atomic mass is 10.2. The molecule has 9 heteroatoms. The van der Waals surface area contributed by atoms with Gasteiger partial charge in [-0.05, 0) is 20.3 Å². The van der Waals surface area contributed by atoms with E-state index in [4.69, 9.17) is 11.6 Å². The van der Waals surface area contributed by atoms with Gasteiger partial charge in [-0.3, -0.25) is 19.2 Å². The van der Waals surface area contributed by atoms with Crippen molar-refractivity contribution < 1.29 is 14.4 Å². The van der Waals surface area contributed by atoms with Crippen molar-refractivity contribution in [2.75, 3.05) is 20.6 Å². The first kappa shape index (κ1) is 18.3. The number of carbonyl (C=O) groups excluding carboxylic acids is 3. The normalized spacial score (nSPS) is 17.8. The number of rotatable bonds is 6. The molecule has 0 unspecified atom stereocenters. The maximum atomic E-state index is 12.0. The Hall–Kier alpha value is -2.09. The summed E-state index contributed by atoms with van der Waals surface area (Å²) >= 11 is 6.09. The molecule has 1 aromatic heterocycles. The molecule has 1 N–H and O–H groups in total. The summed E-state index contributed by atoms with van der Waals surface area (Å²) in [4.78, 5) is 37.9. The SMILES string of the molecule is Cc1nn(CCCNC(=O)C[C@@H]2C(=O)N(C)C(=O)N2C)c(C)c1Cl. The highest BCUT2D eigenvalue weighted by Crippen LogP contribution is 2.19. The zero-order chi connectivity index (χ0) is 18.0. The fourth-order valence-corrected chi connectivity index (χ4v) is 2.81. The summed E-state index contributed by atoms with van der Waals surface area (Å²) in [5, 5.41) is 7.76. The van der Waals surface area contributed by atoms with Crippen LogP contribution in [-0.4, -0.2) is 64.1 Å². The number of amides is 4. The minimum Gasteiger partial charge on any atom is -0.356 e. The molecule has 4 amide bonds. The van der Waals surface area contributed by atoms with Crippen LogP contribution in [0.1, 0.15) is 24.2 Å². The Balaban J connectivity index is 1.77. The van der Waals surface area contributed by atoms with Crippen LogP contribution in [0.15, 0.2) is 0 Å². The number of likely N-dealkylation sites (N-methyl/N-ethyl adjacent to an activating group) is 2. The minimum atomic E-state index is -0.725. The van der Waals surface area contributed by atoms with E-state index >= 15 is 0 Å². The quantitative estimate of drug-likeness (QED) is 0.607. The molecule has 2 rings (SSSR count). The molecule has 2 heterocycles. The second-order valence-electron chi connectivity index (χ2n) is 5.92. The topological polar surface area (TPSA) is 87.5 Å². The van der Waals surface area contributed by atoms with Crippen LogP contribution in [0.2, 0.25) is 5.02 Å². The van der Waals surface area contributed by atoms with E-state index in [1.54, 1.807) is 0 Å². The molecule has 1 saturated heterocycles. The van der Waals surface area contributed by atoms with E-state index in [0.717, 1.165) is 16.3 Å². The van der Waals surface area contributed by atoms with Crippen LogP contribution < -0.4 is 5.32 Å². The summed E-state index contributed by atoms with van der Waals surface area (Å²) in [5.74, 6) is -0.607. The molecule has 0 radical (unpaired) electrons. The Morgan fingerprint density at radius 1 is 1.29 bits per heavy atom. The lowest BCUT2D eigenvalue weighted by Crippen LogP contribution is -2.37. The molecular formula is C15H22ClN5O3. The van der Waals surface area contributed by atoms with E-state index in [9.17, 15) is 14.4 Å². The van der Waals surface area contributed by atoms with Gasteiger partial charge in [0.25, 0.3) is 5.91 Å². The Morgan fingerprint density at radius 2 is 1.96 bits per heavy atom. The Morgan fingerprint density at radius 3 is 2.46 bits per heavy atom. The number of imide groups is 1. The van der Waals surface area contributed by atoms with Crippen molar-refractivity contribution in [1.29, 1.82) is 0 Å². The van der Waals surface area contributed by atoms with Gasteiger partial charge in [0.1, 0.15) is 6.04 Å². The number of hydrogen-bond acceptors (Lipinski definition) is 4. The average molecular weight is 356 g/mol. The van der Waals surface area contributed by atoms with Crippen LogP contribution in [0, 0.1) is 13.8 Å². The van der Waals surface area contributed by atoms with Gasteiger partial charge in [0.15, 0.2) is 0 Å². The number of aromatic nitrogens is 2. The van der Waals surface area contributed by atoms with Crippen LogP contribution in [0.3, 0.4) is 0 Å². The predicted octanol–water partition coefficient (Wildman–Crippen LogP) is 0.942. The highest BCUT2D eigenvalue weighted by atomic mass is 35.5. The number of urea groups is 1. The van der Waals surface area contributed by atoms with Gasteiger partial charge in [-0.2, -0.15) is 5.10 Å². The smallest absolute Gasteiger partial charge is 0.326 e. The third kappa shape index (κ3) is 3.53. The standard InChI is InChI=1S/C15H22ClN5O3/c1-9-13(16)10(2)21(18-9)7-5-6-17-12(22)8-11-14(23)20(4)15(24)19(11)3/h11H,5-8H2,1-4H3,(H,17,22)/t11-/m1/s1. The summed E-state index contributed by atoms with van der Waals surface area (Å²) in [6, 6.07) is -1.11. The summed E-state index contributed by atoms with van der Waals surface area (Å²) in [5.41, 5.74) is 1.69. The van der Waals surface area contributed by atoms with E-state index in [0.29, 0.717) is 24.5 Å². The summed E-state index contributed by atoms with van der Waals surface area (Å²) < 4.78 is 1.81. The van der Waals surface area contributed by atoms with E-state index in [-0.39, 0.29) is 24.3 Å². The molecule has 1 aromatic rings. The molecule has 132 valence electrons. The van der Waals surface area contributed by atoms with Gasteiger partial charge in [-0.1, -0.05) is 11.6 Å². The lowest BCUT2D eigenvalue weighted by molar-refractivity contribution is -0.131. The van der Waals surface area contributed by atoms with Gasteiger partial charge < -0.3 is 10.2 Å². The van der Waals surface area contributed by atoms with Crippen LogP contribution in [-0.2, 0) is 16.1 Å². The number of carbonyl (C=O) groups is 3. The summed E-state index contributed by atoms with van der Waals surface area (Å²) in [6.45, 7) is 4.85. The van der Waals surface area contributed by atoms with Crippen molar-refractivity contribution in [3.63, 3.8) is 0 Å². The van der Waals surface area contributed by atoms with E-state index in [1.807, 2.05) is 18.5 Å². The van der Waals surface area contributed by atoms with Gasteiger partial charge in [-0.25, -0.2) is 4.79 Å². The lowest BCUT2D eigenvalue weighted by Gasteiger charge is -2.15. The Labute approximate surface area is 145 Å². The molecule has 1 fully saturated rings. The third-order valence-corrected chi connectivity index (χ3v) is 4.76. The Kier molecular flexibility index (Phi) is 5.48. The number of aryl methyl sites for hydroxylation is 2. The number of nitrogens with zero attached hydrogens (tertiary/aromatic N) is 4. The maximum absolute atomic E-state index is 12.0. The number of nitrogens with one attached hydrogen (secondary N) is 1. The molecule has 0 spiro atoms. The molecule has 24 heavy (non-hydrogen) atoms. The first-order valence-electron chi connectivity index (χ1n) is 7.74. The fraction of sp³-hybridized carbons (Fsp3) is 0.600. The van der Waals surface area contributed by atoms with Crippen molar-refractivity contribution in [3.8, 4) is 0 Å². The molecule has 8 nitrogen and oxygen atoms in total. The molecule has 1 atom stereocenters. The summed E-state index contributed by atoms with van der Waals surface area (Å²) in [7, 11) is 2.94. The van der Waals surface area contributed by atoms with Gasteiger partial charge in [0.2, 0.25) is 5.91 Å². The van der Waals surface area contributed by atoms with Crippen molar-refractivity contribution in [1.82, 2.24) is 24.9 Å². The molecule has 0 saturated carbocycles. The third-order valence-electron chi connectivity index (χ3n) is 4.21. The van der Waals surface area contributed by atoms with Crippen LogP contribution >= 0.6 is 11.6 Å². The average Bonchev–Trinajstić information content (AvgIpc) is 2.89. The molecule has 0 bridgehead atoms. The van der Waals surface area contributed by atoms with Crippen molar-refractivity contribution >= 4 is 29.4 Å². The highest BCUT2D eigenvalue weighted by Gasteiger charge is 2.41. The summed E-state index contributed by atoms with van der Waals surface area (Å²) in [6.07, 6.45) is 0.661. The maximum Gasteiger partial charge on any atom is 0.326 e. The van der Waals surface area contributed by atoms with Crippen LogP contribution in [0.5, 0.6) is 0 Å². The molecule has 1 aliphatic rings. The molecule has 0 aliphatic carbocycles. The molecule has 0 aromatic carbocycles. The van der Waals surface area contributed by atoms with Gasteiger partial charge in [0, 0.05) is 27.2 Å². The van der Waals surface area contributed by atoms with E-state index < -0.39 is 6.04 Å². The highest BCUT2D eigenvalue weighted by molar-refractivity contribution is 6.31. The largest absolute Gasteiger partial charge is 0.356 e. The second kappa shape index (κ2) is 7.21. The number of hydrogen-bond donors (Lipinski definition) is 1. The van der Waals surface area contributed by atoms with E-state index in [2.05, 4.69) is 10.4 Å². The number of halogens is 1. The zero-order valence-electron chi connectivity index (χ0n) is 14.3. The van der Waals surface area contributed by atoms with Crippen molar-refractivity contribution in [3.05, 3.63) is 16.4 Å². The van der Waals surface area contributed by atoms with Gasteiger partial charge in [0.05, 0.1) is 22.8 Å². The van der Waals surface area contributed by atoms with Gasteiger partial charge >= 0.3 is 6.03 Å². The van der Waals surface area contributed by atoms with Crippen molar-refractivity contribution in [2.24, 2.45) is 0 Å². The van der Waals surface area contributed by atoms with E-state index in [1.165, 1.54) is 19.0 Å². The first-order valence-corrected chi connectivity index (χ1v) is 8.12. The zero-order valence-corrected chi connectivity index (χ0v) is 15.1. The van der Waals surface area contributed by atoms with Gasteiger partial charge in [-0.15, -0.1) is 0 Å². The second-order valence-corrected chi connectivity index (χ2v) is 6.30. The van der Waals surface area contributed by atoms with Crippen molar-refractivity contribution in [2.45, 2.75) is 39.3 Å². The van der Waals surface area contributed by atoms with Crippen LogP contribution in [0.4, 0.5) is 4.79 Å². The van der Waals surface area contributed by atoms with Crippen LogP contribution in [0.25, 0.3) is 0 Å². The Bertz CT molecular complexity index is 672. The fourth-order valence-electron chi connectivity index (χ4n) is 2.67. The molecular weight excluding hydrogens is 334 g/mol. The molecule has 1 aliphatic heterocycles. The predicted molar refractivity (Wildman–Crippen MR) is 88.7 cm³/mol.